The molecule has 2 heteroatoms. The number of Topliss-reactive ketones (excluding diaryl/α,β-unsaturated/α-hetero) is 1. The van der Waals surface area contributed by atoms with Gasteiger partial charge in [0.2, 0.25) is 0 Å². The first-order chi connectivity index (χ1) is 8.06. The van der Waals surface area contributed by atoms with E-state index in [9.17, 15) is 4.79 Å². The van der Waals surface area contributed by atoms with Crippen molar-refractivity contribution >= 4 is 5.78 Å². The zero-order chi connectivity index (χ0) is 12.5. The number of ketones is 1. The molecule has 2 rings (SSSR count). The summed E-state index contributed by atoms with van der Waals surface area (Å²) < 4.78 is 5.30. The lowest BCUT2D eigenvalue weighted by molar-refractivity contribution is -0.125. The molecular weight excluding hydrogens is 212 g/mol. The third-order valence-electron chi connectivity index (χ3n) is 3.87. The summed E-state index contributed by atoms with van der Waals surface area (Å²) >= 11 is 0. The van der Waals surface area contributed by atoms with Gasteiger partial charge in [0.25, 0.3) is 0 Å². The molecule has 2 nitrogen and oxygen atoms in total. The van der Waals surface area contributed by atoms with Crippen LogP contribution in [0, 0.1) is 6.92 Å². The molecule has 0 aliphatic heterocycles. The predicted molar refractivity (Wildman–Crippen MR) is 68.6 cm³/mol. The molecule has 1 atom stereocenters. The largest absolute Gasteiger partial charge is 0.497 e. The van der Waals surface area contributed by atoms with E-state index >= 15 is 0 Å². The molecule has 0 bridgehead atoms. The standard InChI is InChI=1S/C15H20O2/c1-11-8-12(10-13(9-11)17-3)15(2)7-5-4-6-14(15)16/h8-10H,4-7H2,1-3H3. The van der Waals surface area contributed by atoms with Crippen molar-refractivity contribution in [3.05, 3.63) is 29.3 Å². The smallest absolute Gasteiger partial charge is 0.143 e. The zero-order valence-electron chi connectivity index (χ0n) is 10.9. The molecule has 1 aromatic carbocycles. The maximum absolute atomic E-state index is 12.2. The molecule has 0 aromatic heterocycles. The van der Waals surface area contributed by atoms with Gasteiger partial charge in [0.15, 0.2) is 0 Å². The fourth-order valence-corrected chi connectivity index (χ4v) is 2.67. The minimum atomic E-state index is -0.308. The van der Waals surface area contributed by atoms with Crippen LogP contribution in [0.25, 0.3) is 0 Å². The lowest BCUT2D eigenvalue weighted by Gasteiger charge is -2.33. The van der Waals surface area contributed by atoms with E-state index in [0.717, 1.165) is 36.1 Å². The Hall–Kier alpha value is -1.31. The molecule has 1 saturated carbocycles. The Labute approximate surface area is 103 Å². The highest BCUT2D eigenvalue weighted by Gasteiger charge is 2.36. The fourth-order valence-electron chi connectivity index (χ4n) is 2.67. The summed E-state index contributed by atoms with van der Waals surface area (Å²) in [6.45, 7) is 4.12. The van der Waals surface area contributed by atoms with Crippen LogP contribution in [0.3, 0.4) is 0 Å². The lowest BCUT2D eigenvalue weighted by Crippen LogP contribution is -2.35. The summed E-state index contributed by atoms with van der Waals surface area (Å²) in [6, 6.07) is 6.13. The van der Waals surface area contributed by atoms with Crippen molar-refractivity contribution in [2.75, 3.05) is 7.11 Å². The molecule has 0 spiro atoms. The topological polar surface area (TPSA) is 26.3 Å². The number of carbonyl (C=O) groups is 1. The second-order valence-corrected chi connectivity index (χ2v) is 5.20. The first kappa shape index (κ1) is 12.2. The summed E-state index contributed by atoms with van der Waals surface area (Å²) in [5.74, 6) is 1.22. The van der Waals surface area contributed by atoms with Crippen molar-refractivity contribution in [1.29, 1.82) is 0 Å². The number of rotatable bonds is 2. The maximum Gasteiger partial charge on any atom is 0.143 e. The zero-order valence-corrected chi connectivity index (χ0v) is 10.9. The molecule has 1 aromatic rings. The third-order valence-corrected chi connectivity index (χ3v) is 3.87. The van der Waals surface area contributed by atoms with Crippen molar-refractivity contribution in [1.82, 2.24) is 0 Å². The minimum absolute atomic E-state index is 0.308. The van der Waals surface area contributed by atoms with E-state index < -0.39 is 0 Å². The van der Waals surface area contributed by atoms with Gasteiger partial charge in [-0.3, -0.25) is 4.79 Å². The van der Waals surface area contributed by atoms with Crippen LogP contribution >= 0.6 is 0 Å². The average molecular weight is 232 g/mol. The van der Waals surface area contributed by atoms with Gasteiger partial charge in [0.05, 0.1) is 12.5 Å². The molecular formula is C15H20O2. The molecule has 0 amide bonds. The van der Waals surface area contributed by atoms with E-state index in [1.54, 1.807) is 7.11 Å². The minimum Gasteiger partial charge on any atom is -0.497 e. The highest BCUT2D eigenvalue weighted by Crippen LogP contribution is 2.38. The number of hydrogen-bond donors (Lipinski definition) is 0. The van der Waals surface area contributed by atoms with Gasteiger partial charge in [-0.2, -0.15) is 0 Å². The van der Waals surface area contributed by atoms with Gasteiger partial charge in [-0.15, -0.1) is 0 Å². The molecule has 1 unspecified atom stereocenters. The molecule has 0 N–H and O–H groups in total. The Kier molecular flexibility index (Phi) is 3.23. The van der Waals surface area contributed by atoms with Crippen LogP contribution in [0.2, 0.25) is 0 Å². The van der Waals surface area contributed by atoms with Crippen LogP contribution in [0.4, 0.5) is 0 Å². The van der Waals surface area contributed by atoms with E-state index in [4.69, 9.17) is 4.74 Å². The van der Waals surface area contributed by atoms with Crippen LogP contribution < -0.4 is 4.74 Å². The van der Waals surface area contributed by atoms with Gasteiger partial charge in [-0.05, 0) is 49.9 Å². The second-order valence-electron chi connectivity index (χ2n) is 5.20. The highest BCUT2D eigenvalue weighted by molar-refractivity contribution is 5.90. The van der Waals surface area contributed by atoms with Crippen molar-refractivity contribution in [3.63, 3.8) is 0 Å². The first-order valence-corrected chi connectivity index (χ1v) is 6.26. The SMILES string of the molecule is COc1cc(C)cc(C2(C)CCCCC2=O)c1. The summed E-state index contributed by atoms with van der Waals surface area (Å²) in [6.07, 6.45) is 3.85. The number of aryl methyl sites for hydroxylation is 1. The van der Waals surface area contributed by atoms with E-state index in [2.05, 4.69) is 13.0 Å². The van der Waals surface area contributed by atoms with Crippen LogP contribution in [-0.2, 0) is 10.2 Å². The molecule has 1 aliphatic rings. The van der Waals surface area contributed by atoms with Crippen LogP contribution in [0.1, 0.15) is 43.7 Å². The maximum atomic E-state index is 12.2. The van der Waals surface area contributed by atoms with Crippen LogP contribution in [0.15, 0.2) is 18.2 Å². The van der Waals surface area contributed by atoms with Crippen LogP contribution in [-0.4, -0.2) is 12.9 Å². The highest BCUT2D eigenvalue weighted by atomic mass is 16.5. The van der Waals surface area contributed by atoms with Gasteiger partial charge in [0, 0.05) is 6.42 Å². The van der Waals surface area contributed by atoms with Crippen molar-refractivity contribution in [3.8, 4) is 5.75 Å². The second kappa shape index (κ2) is 4.52. The predicted octanol–water partition coefficient (Wildman–Crippen LogP) is 3.40. The summed E-state index contributed by atoms with van der Waals surface area (Å²) in [7, 11) is 1.67. The van der Waals surface area contributed by atoms with E-state index in [1.165, 1.54) is 0 Å². The Morgan fingerprint density at radius 2 is 2.00 bits per heavy atom. The molecule has 0 heterocycles. The van der Waals surface area contributed by atoms with E-state index in [-0.39, 0.29) is 5.41 Å². The van der Waals surface area contributed by atoms with Crippen molar-refractivity contribution in [2.24, 2.45) is 0 Å². The number of methoxy groups -OCH3 is 1. The molecule has 1 fully saturated rings. The van der Waals surface area contributed by atoms with Gasteiger partial charge >= 0.3 is 0 Å². The normalized spacial score (nSPS) is 24.8. The Bertz CT molecular complexity index is 437. The van der Waals surface area contributed by atoms with Gasteiger partial charge in [-0.1, -0.05) is 12.5 Å². The monoisotopic (exact) mass is 232 g/mol. The molecule has 17 heavy (non-hydrogen) atoms. The van der Waals surface area contributed by atoms with Gasteiger partial charge in [-0.25, -0.2) is 0 Å². The molecule has 0 radical (unpaired) electrons. The summed E-state index contributed by atoms with van der Waals surface area (Å²) in [4.78, 5) is 12.2. The third kappa shape index (κ3) is 2.21. The van der Waals surface area contributed by atoms with Gasteiger partial charge < -0.3 is 4.74 Å². The lowest BCUT2D eigenvalue weighted by atomic mass is 9.70. The van der Waals surface area contributed by atoms with E-state index in [0.29, 0.717) is 12.2 Å². The number of hydrogen-bond acceptors (Lipinski definition) is 2. The summed E-state index contributed by atoms with van der Waals surface area (Å²) in [5.41, 5.74) is 1.95. The quantitative estimate of drug-likeness (QED) is 0.781. The van der Waals surface area contributed by atoms with Crippen LogP contribution in [0.5, 0.6) is 5.75 Å². The first-order valence-electron chi connectivity index (χ1n) is 6.26. The van der Waals surface area contributed by atoms with E-state index in [1.807, 2.05) is 19.1 Å². The molecule has 0 saturated heterocycles. The van der Waals surface area contributed by atoms with Crippen molar-refractivity contribution in [2.45, 2.75) is 44.9 Å². The Morgan fingerprint density at radius 3 is 2.65 bits per heavy atom. The molecule has 92 valence electrons. The number of carbonyl (C=O) groups excluding carboxylic acids is 1. The Morgan fingerprint density at radius 1 is 1.24 bits per heavy atom. The van der Waals surface area contributed by atoms with Gasteiger partial charge in [0.1, 0.15) is 11.5 Å². The Balaban J connectivity index is 2.44. The average Bonchev–Trinajstić information content (AvgIpc) is 2.32. The fraction of sp³-hybridized carbons (Fsp3) is 0.533. The van der Waals surface area contributed by atoms with Crippen molar-refractivity contribution < 1.29 is 9.53 Å². The summed E-state index contributed by atoms with van der Waals surface area (Å²) in [5, 5.41) is 0. The number of ether oxygens (including phenoxy) is 1. The molecule has 1 aliphatic carbocycles. The number of benzene rings is 1.